The van der Waals surface area contributed by atoms with Crippen molar-refractivity contribution in [2.75, 3.05) is 6.61 Å². The Labute approximate surface area is 91.1 Å². The highest BCUT2D eigenvalue weighted by Gasteiger charge is 2.38. The summed E-state index contributed by atoms with van der Waals surface area (Å²) in [5.74, 6) is 0.344. The maximum Gasteiger partial charge on any atom is 0.0672 e. The minimum atomic E-state index is -0.542. The number of benzene rings is 1. The van der Waals surface area contributed by atoms with Crippen molar-refractivity contribution in [1.29, 1.82) is 0 Å². The van der Waals surface area contributed by atoms with Crippen LogP contribution in [0.25, 0.3) is 0 Å². The largest absolute Gasteiger partial charge is 0.394 e. The molecule has 0 saturated carbocycles. The van der Waals surface area contributed by atoms with Crippen LogP contribution in [0.3, 0.4) is 0 Å². The molecule has 0 fully saturated rings. The number of aryl methyl sites for hydroxylation is 1. The Hall–Kier alpha value is -0.860. The van der Waals surface area contributed by atoms with Crippen molar-refractivity contribution < 1.29 is 5.11 Å². The Morgan fingerprint density at radius 1 is 1.53 bits per heavy atom. The Balaban J connectivity index is 2.58. The Morgan fingerprint density at radius 2 is 2.27 bits per heavy atom. The molecule has 0 saturated heterocycles. The van der Waals surface area contributed by atoms with Crippen molar-refractivity contribution in [3.8, 4) is 0 Å². The highest BCUT2D eigenvalue weighted by Crippen LogP contribution is 2.38. The molecule has 2 atom stereocenters. The van der Waals surface area contributed by atoms with Crippen LogP contribution in [0.4, 0.5) is 0 Å². The summed E-state index contributed by atoms with van der Waals surface area (Å²) in [6.45, 7) is 4.28. The van der Waals surface area contributed by atoms with Crippen LogP contribution in [0, 0.1) is 12.8 Å². The van der Waals surface area contributed by atoms with Gasteiger partial charge < -0.3 is 10.8 Å². The van der Waals surface area contributed by atoms with E-state index in [1.807, 2.05) is 6.07 Å². The highest BCUT2D eigenvalue weighted by molar-refractivity contribution is 5.41. The van der Waals surface area contributed by atoms with E-state index in [1.54, 1.807) is 0 Å². The predicted octanol–water partition coefficient (Wildman–Crippen LogP) is 1.72. The first-order valence-electron chi connectivity index (χ1n) is 5.58. The van der Waals surface area contributed by atoms with E-state index in [0.717, 1.165) is 18.4 Å². The molecule has 0 spiro atoms. The molecule has 1 aromatic rings. The second-order valence-electron chi connectivity index (χ2n) is 4.74. The van der Waals surface area contributed by atoms with Crippen LogP contribution in [0.1, 0.15) is 30.0 Å². The number of fused-ring (bicyclic) bond motifs is 1. The molecule has 0 radical (unpaired) electrons. The molecule has 2 unspecified atom stereocenters. The van der Waals surface area contributed by atoms with Crippen molar-refractivity contribution in [2.45, 2.75) is 32.2 Å². The van der Waals surface area contributed by atoms with E-state index < -0.39 is 5.54 Å². The van der Waals surface area contributed by atoms with E-state index in [-0.39, 0.29) is 6.61 Å². The summed E-state index contributed by atoms with van der Waals surface area (Å²) in [4.78, 5) is 0. The normalized spacial score (nSPS) is 30.0. The fraction of sp³-hybridized carbons (Fsp3) is 0.538. The van der Waals surface area contributed by atoms with Crippen LogP contribution in [-0.2, 0) is 12.0 Å². The molecule has 3 N–H and O–H groups in total. The molecule has 15 heavy (non-hydrogen) atoms. The van der Waals surface area contributed by atoms with E-state index >= 15 is 0 Å². The minimum Gasteiger partial charge on any atom is -0.394 e. The molecule has 2 heteroatoms. The predicted molar refractivity (Wildman–Crippen MR) is 61.6 cm³/mol. The monoisotopic (exact) mass is 205 g/mol. The van der Waals surface area contributed by atoms with Crippen molar-refractivity contribution >= 4 is 0 Å². The number of aliphatic hydroxyl groups is 1. The Kier molecular flexibility index (Phi) is 2.57. The summed E-state index contributed by atoms with van der Waals surface area (Å²) in [6, 6.07) is 6.21. The molecular formula is C13H19NO. The molecular weight excluding hydrogens is 186 g/mol. The zero-order valence-corrected chi connectivity index (χ0v) is 9.46. The summed E-state index contributed by atoms with van der Waals surface area (Å²) < 4.78 is 0. The zero-order valence-electron chi connectivity index (χ0n) is 9.46. The molecule has 0 heterocycles. The lowest BCUT2D eigenvalue weighted by molar-refractivity contribution is 0.133. The van der Waals surface area contributed by atoms with Gasteiger partial charge in [0.2, 0.25) is 0 Å². The molecule has 0 aliphatic heterocycles. The van der Waals surface area contributed by atoms with Crippen LogP contribution in [0.2, 0.25) is 0 Å². The molecule has 2 rings (SSSR count). The summed E-state index contributed by atoms with van der Waals surface area (Å²) in [7, 11) is 0. The quantitative estimate of drug-likeness (QED) is 0.733. The van der Waals surface area contributed by atoms with Crippen LogP contribution in [0.15, 0.2) is 18.2 Å². The maximum atomic E-state index is 9.53. The van der Waals surface area contributed by atoms with Gasteiger partial charge in [0.15, 0.2) is 0 Å². The van der Waals surface area contributed by atoms with Gasteiger partial charge >= 0.3 is 0 Å². The summed E-state index contributed by atoms with van der Waals surface area (Å²) in [6.07, 6.45) is 2.15. The summed E-state index contributed by atoms with van der Waals surface area (Å²) in [5.41, 5.74) is 9.57. The van der Waals surface area contributed by atoms with Gasteiger partial charge in [-0.25, -0.2) is 0 Å². The maximum absolute atomic E-state index is 9.53. The van der Waals surface area contributed by atoms with Crippen molar-refractivity contribution in [1.82, 2.24) is 0 Å². The van der Waals surface area contributed by atoms with Gasteiger partial charge in [-0.2, -0.15) is 0 Å². The minimum absolute atomic E-state index is 0.0324. The molecule has 1 aromatic carbocycles. The van der Waals surface area contributed by atoms with Crippen LogP contribution in [0.5, 0.6) is 0 Å². The number of nitrogens with two attached hydrogens (primary N) is 1. The second kappa shape index (κ2) is 3.62. The molecule has 82 valence electrons. The first kappa shape index (κ1) is 10.7. The van der Waals surface area contributed by atoms with Gasteiger partial charge in [-0.05, 0) is 42.4 Å². The fourth-order valence-electron chi connectivity index (χ4n) is 2.60. The SMILES string of the molecule is Cc1cccc2c1CCC(C)C2(N)CO. The van der Waals surface area contributed by atoms with Gasteiger partial charge in [0.05, 0.1) is 12.1 Å². The van der Waals surface area contributed by atoms with E-state index in [1.165, 1.54) is 11.1 Å². The van der Waals surface area contributed by atoms with Crippen molar-refractivity contribution in [3.05, 3.63) is 34.9 Å². The van der Waals surface area contributed by atoms with Gasteiger partial charge in [0, 0.05) is 0 Å². The third kappa shape index (κ3) is 1.48. The smallest absolute Gasteiger partial charge is 0.0672 e. The lowest BCUT2D eigenvalue weighted by atomic mass is 9.70. The van der Waals surface area contributed by atoms with Crippen molar-refractivity contribution in [2.24, 2.45) is 11.7 Å². The molecule has 1 aliphatic rings. The number of hydrogen-bond donors (Lipinski definition) is 2. The third-order valence-corrected chi connectivity index (χ3v) is 3.88. The number of rotatable bonds is 1. The molecule has 0 aromatic heterocycles. The Bertz CT molecular complexity index is 375. The van der Waals surface area contributed by atoms with E-state index in [4.69, 9.17) is 5.73 Å². The summed E-state index contributed by atoms with van der Waals surface area (Å²) in [5, 5.41) is 9.53. The van der Waals surface area contributed by atoms with Gasteiger partial charge in [0.1, 0.15) is 0 Å². The fourth-order valence-corrected chi connectivity index (χ4v) is 2.60. The molecule has 1 aliphatic carbocycles. The summed E-state index contributed by atoms with van der Waals surface area (Å²) >= 11 is 0. The van der Waals surface area contributed by atoms with Crippen LogP contribution >= 0.6 is 0 Å². The van der Waals surface area contributed by atoms with E-state index in [0.29, 0.717) is 5.92 Å². The van der Waals surface area contributed by atoms with Crippen LogP contribution in [-0.4, -0.2) is 11.7 Å². The molecule has 2 nitrogen and oxygen atoms in total. The third-order valence-electron chi connectivity index (χ3n) is 3.88. The average Bonchev–Trinajstić information content (AvgIpc) is 2.24. The van der Waals surface area contributed by atoms with Crippen molar-refractivity contribution in [3.63, 3.8) is 0 Å². The van der Waals surface area contributed by atoms with Gasteiger partial charge in [0.25, 0.3) is 0 Å². The van der Waals surface area contributed by atoms with E-state index in [2.05, 4.69) is 26.0 Å². The first-order valence-corrected chi connectivity index (χ1v) is 5.58. The number of hydrogen-bond acceptors (Lipinski definition) is 2. The standard InChI is InChI=1S/C13H19NO/c1-9-4-3-5-12-11(9)7-6-10(2)13(12,14)8-15/h3-5,10,15H,6-8,14H2,1-2H3. The lowest BCUT2D eigenvalue weighted by Crippen LogP contribution is -2.49. The van der Waals surface area contributed by atoms with Crippen LogP contribution < -0.4 is 5.73 Å². The van der Waals surface area contributed by atoms with Gasteiger partial charge in [-0.3, -0.25) is 0 Å². The average molecular weight is 205 g/mol. The zero-order chi connectivity index (χ0) is 11.1. The highest BCUT2D eigenvalue weighted by atomic mass is 16.3. The lowest BCUT2D eigenvalue weighted by Gasteiger charge is -2.40. The van der Waals surface area contributed by atoms with Gasteiger partial charge in [-0.1, -0.05) is 25.1 Å². The topological polar surface area (TPSA) is 46.2 Å². The number of aliphatic hydroxyl groups excluding tert-OH is 1. The Morgan fingerprint density at radius 3 is 2.93 bits per heavy atom. The second-order valence-corrected chi connectivity index (χ2v) is 4.74. The van der Waals surface area contributed by atoms with E-state index in [9.17, 15) is 5.11 Å². The first-order chi connectivity index (χ1) is 7.09. The molecule has 0 amide bonds. The molecule has 0 bridgehead atoms. The van der Waals surface area contributed by atoms with Gasteiger partial charge in [-0.15, -0.1) is 0 Å².